The number of rotatable bonds is 6. The van der Waals surface area contributed by atoms with E-state index in [0.717, 1.165) is 40.6 Å². The van der Waals surface area contributed by atoms with E-state index in [2.05, 4.69) is 19.2 Å². The second kappa shape index (κ2) is 10.1. The Kier molecular flexibility index (Phi) is 6.95. The molecule has 7 heteroatoms. The zero-order valence-electron chi connectivity index (χ0n) is 19.0. The van der Waals surface area contributed by atoms with Gasteiger partial charge in [0.1, 0.15) is 18.2 Å². The van der Waals surface area contributed by atoms with E-state index in [1.807, 2.05) is 63.5 Å². The molecular formula is C26H28N4O2S. The number of nitrogens with one attached hydrogen (secondary N) is 1. The summed E-state index contributed by atoms with van der Waals surface area (Å²) in [4.78, 5) is 28.8. The molecule has 2 amide bonds. The molecule has 4 rings (SSSR count). The lowest BCUT2D eigenvalue weighted by molar-refractivity contribution is -0.137. The van der Waals surface area contributed by atoms with Gasteiger partial charge in [-0.25, -0.2) is 0 Å². The van der Waals surface area contributed by atoms with Gasteiger partial charge in [0.05, 0.1) is 6.54 Å². The van der Waals surface area contributed by atoms with Crippen LogP contribution in [-0.4, -0.2) is 33.4 Å². The average molecular weight is 461 g/mol. The standard InChI is InChI=1S/C26H28N4O2S/c1-18-7-5-8-19(2)30(18)25(31)17-29-16-21(23-10-3-4-11-24(23)29)13-20(14-27)26(32)28-15-22-9-6-12-33-22/h3-4,6,9-13,16,18-19H,5,7-8,15,17H2,1-2H3,(H,28,32)/b20-13+/t18-,19-/m0/s1. The summed E-state index contributed by atoms with van der Waals surface area (Å²) in [7, 11) is 0. The van der Waals surface area contributed by atoms with E-state index in [0.29, 0.717) is 6.54 Å². The molecule has 0 aliphatic carbocycles. The quantitative estimate of drug-likeness (QED) is 0.427. The zero-order chi connectivity index (χ0) is 23.4. The minimum absolute atomic E-state index is 0.0408. The lowest BCUT2D eigenvalue weighted by Gasteiger charge is -2.39. The molecule has 1 saturated heterocycles. The number of hydrogen-bond donors (Lipinski definition) is 1. The number of amides is 2. The Morgan fingerprint density at radius 3 is 2.64 bits per heavy atom. The second-order valence-electron chi connectivity index (χ2n) is 8.59. The van der Waals surface area contributed by atoms with Gasteiger partial charge in [-0.1, -0.05) is 24.3 Å². The Balaban J connectivity index is 1.59. The average Bonchev–Trinajstić information content (AvgIpc) is 3.44. The highest BCUT2D eigenvalue weighted by Gasteiger charge is 2.29. The molecule has 2 atom stereocenters. The number of carbonyl (C=O) groups excluding carboxylic acids is 2. The number of carbonyl (C=O) groups is 2. The van der Waals surface area contributed by atoms with Crippen LogP contribution in [-0.2, 0) is 22.7 Å². The van der Waals surface area contributed by atoms with Gasteiger partial charge in [0, 0.05) is 39.6 Å². The molecule has 33 heavy (non-hydrogen) atoms. The molecule has 2 aromatic heterocycles. The van der Waals surface area contributed by atoms with Crippen LogP contribution in [0.25, 0.3) is 17.0 Å². The van der Waals surface area contributed by atoms with E-state index in [-0.39, 0.29) is 30.1 Å². The van der Waals surface area contributed by atoms with Crippen LogP contribution < -0.4 is 5.32 Å². The summed E-state index contributed by atoms with van der Waals surface area (Å²) in [6, 6.07) is 14.1. The molecule has 0 bridgehead atoms. The van der Waals surface area contributed by atoms with Gasteiger partial charge >= 0.3 is 0 Å². The number of para-hydroxylation sites is 1. The number of thiophene rings is 1. The predicted molar refractivity (Wildman–Crippen MR) is 131 cm³/mol. The van der Waals surface area contributed by atoms with E-state index in [9.17, 15) is 14.9 Å². The Morgan fingerprint density at radius 1 is 1.18 bits per heavy atom. The molecule has 1 N–H and O–H groups in total. The maximum absolute atomic E-state index is 13.2. The first-order valence-corrected chi connectivity index (χ1v) is 12.2. The lowest BCUT2D eigenvalue weighted by Crippen LogP contribution is -2.48. The predicted octanol–water partition coefficient (Wildman–Crippen LogP) is 4.72. The number of nitrogens with zero attached hydrogens (tertiary/aromatic N) is 3. The molecule has 1 aliphatic rings. The molecule has 0 radical (unpaired) electrons. The van der Waals surface area contributed by atoms with Crippen LogP contribution in [0, 0.1) is 11.3 Å². The summed E-state index contributed by atoms with van der Waals surface area (Å²) in [5, 5.41) is 15.3. The van der Waals surface area contributed by atoms with Gasteiger partial charge in [0.15, 0.2) is 0 Å². The van der Waals surface area contributed by atoms with E-state index < -0.39 is 5.91 Å². The number of fused-ring (bicyclic) bond motifs is 1. The van der Waals surface area contributed by atoms with Crippen molar-refractivity contribution in [2.75, 3.05) is 0 Å². The van der Waals surface area contributed by atoms with Crippen LogP contribution in [0.5, 0.6) is 0 Å². The van der Waals surface area contributed by atoms with Gasteiger partial charge in [-0.2, -0.15) is 5.26 Å². The summed E-state index contributed by atoms with van der Waals surface area (Å²) in [6.45, 7) is 4.85. The Morgan fingerprint density at radius 2 is 1.94 bits per heavy atom. The van der Waals surface area contributed by atoms with Gasteiger partial charge < -0.3 is 14.8 Å². The molecule has 0 spiro atoms. The fourth-order valence-corrected chi connectivity index (χ4v) is 5.29. The van der Waals surface area contributed by atoms with E-state index in [4.69, 9.17) is 0 Å². The van der Waals surface area contributed by atoms with Gasteiger partial charge in [-0.05, 0) is 56.7 Å². The van der Waals surface area contributed by atoms with Gasteiger partial charge in [-0.3, -0.25) is 9.59 Å². The van der Waals surface area contributed by atoms with Crippen molar-refractivity contribution in [1.82, 2.24) is 14.8 Å². The fourth-order valence-electron chi connectivity index (χ4n) is 4.64. The molecular weight excluding hydrogens is 432 g/mol. The van der Waals surface area contributed by atoms with Crippen molar-refractivity contribution in [2.24, 2.45) is 0 Å². The molecule has 1 aliphatic heterocycles. The Bertz CT molecular complexity index is 1210. The third-order valence-corrected chi connectivity index (χ3v) is 7.15. The van der Waals surface area contributed by atoms with Crippen molar-refractivity contribution in [3.8, 4) is 6.07 Å². The molecule has 170 valence electrons. The minimum Gasteiger partial charge on any atom is -0.347 e. The Hall–Kier alpha value is -3.37. The van der Waals surface area contributed by atoms with Crippen LogP contribution in [0.2, 0.25) is 0 Å². The highest BCUT2D eigenvalue weighted by molar-refractivity contribution is 7.09. The number of likely N-dealkylation sites (tertiary alicyclic amines) is 1. The molecule has 0 saturated carbocycles. The van der Waals surface area contributed by atoms with Crippen molar-refractivity contribution >= 4 is 40.1 Å². The maximum atomic E-state index is 13.2. The highest BCUT2D eigenvalue weighted by Crippen LogP contribution is 2.26. The van der Waals surface area contributed by atoms with Gasteiger partial charge in [-0.15, -0.1) is 11.3 Å². The number of aromatic nitrogens is 1. The summed E-state index contributed by atoms with van der Waals surface area (Å²) < 4.78 is 1.93. The molecule has 6 nitrogen and oxygen atoms in total. The third kappa shape index (κ3) is 5.01. The fraction of sp³-hybridized carbons (Fsp3) is 0.346. The van der Waals surface area contributed by atoms with E-state index in [1.165, 1.54) is 0 Å². The van der Waals surface area contributed by atoms with Crippen LogP contribution in [0.1, 0.15) is 43.6 Å². The SMILES string of the molecule is C[C@H]1CCC[C@H](C)N1C(=O)Cn1cc(/C=C(\C#N)C(=O)NCc2cccs2)c2ccccc21. The lowest BCUT2D eigenvalue weighted by atomic mass is 9.97. The van der Waals surface area contributed by atoms with E-state index in [1.54, 1.807) is 17.4 Å². The van der Waals surface area contributed by atoms with Crippen molar-refractivity contribution < 1.29 is 9.59 Å². The third-order valence-electron chi connectivity index (χ3n) is 6.27. The van der Waals surface area contributed by atoms with Gasteiger partial charge in [0.2, 0.25) is 5.91 Å². The molecule has 3 heterocycles. The Labute approximate surface area is 198 Å². The maximum Gasteiger partial charge on any atom is 0.262 e. The highest BCUT2D eigenvalue weighted by atomic mass is 32.1. The van der Waals surface area contributed by atoms with Gasteiger partial charge in [0.25, 0.3) is 5.91 Å². The number of benzene rings is 1. The van der Waals surface area contributed by atoms with E-state index >= 15 is 0 Å². The first kappa shape index (κ1) is 22.8. The topological polar surface area (TPSA) is 78.1 Å². The molecule has 1 aromatic carbocycles. The van der Waals surface area contributed by atoms with Crippen molar-refractivity contribution in [2.45, 2.75) is 58.3 Å². The first-order valence-electron chi connectivity index (χ1n) is 11.3. The first-order chi connectivity index (χ1) is 16.0. The monoisotopic (exact) mass is 460 g/mol. The smallest absolute Gasteiger partial charge is 0.262 e. The van der Waals surface area contributed by atoms with Crippen LogP contribution >= 0.6 is 11.3 Å². The van der Waals surface area contributed by atoms with Crippen LogP contribution in [0.3, 0.4) is 0 Å². The number of hydrogen-bond acceptors (Lipinski definition) is 4. The second-order valence-corrected chi connectivity index (χ2v) is 9.62. The van der Waals surface area contributed by atoms with Crippen molar-refractivity contribution in [3.63, 3.8) is 0 Å². The minimum atomic E-state index is -0.408. The summed E-state index contributed by atoms with van der Waals surface area (Å²) >= 11 is 1.55. The molecule has 1 fully saturated rings. The van der Waals surface area contributed by atoms with Crippen LogP contribution in [0.4, 0.5) is 0 Å². The normalized spacial score (nSPS) is 18.8. The zero-order valence-corrected chi connectivity index (χ0v) is 19.8. The summed E-state index contributed by atoms with van der Waals surface area (Å²) in [5.41, 5.74) is 1.70. The largest absolute Gasteiger partial charge is 0.347 e. The summed E-state index contributed by atoms with van der Waals surface area (Å²) in [6.07, 6.45) is 6.69. The van der Waals surface area contributed by atoms with Crippen molar-refractivity contribution in [3.05, 3.63) is 64.0 Å². The number of piperidine rings is 1. The molecule has 3 aromatic rings. The summed E-state index contributed by atoms with van der Waals surface area (Å²) in [5.74, 6) is -0.310. The number of nitriles is 1. The van der Waals surface area contributed by atoms with Crippen molar-refractivity contribution in [1.29, 1.82) is 5.26 Å². The van der Waals surface area contributed by atoms with Crippen LogP contribution in [0.15, 0.2) is 53.5 Å². The molecule has 0 unspecified atom stereocenters.